The molecule has 0 saturated heterocycles. The fourth-order valence-electron chi connectivity index (χ4n) is 3.49. The van der Waals surface area contributed by atoms with Crippen LogP contribution in [0.3, 0.4) is 0 Å². The quantitative estimate of drug-likeness (QED) is 0.392. The van der Waals surface area contributed by atoms with Gasteiger partial charge in [0.15, 0.2) is 19.0 Å². The average molecular weight is 455 g/mol. The van der Waals surface area contributed by atoms with Gasteiger partial charge in [0.2, 0.25) is 5.91 Å². The third kappa shape index (κ3) is 6.79. The second-order valence-electron chi connectivity index (χ2n) is 7.68. The van der Waals surface area contributed by atoms with Crippen molar-refractivity contribution in [3.8, 4) is 11.5 Å². The van der Waals surface area contributed by atoms with E-state index in [1.54, 1.807) is 30.2 Å². The van der Waals surface area contributed by atoms with E-state index >= 15 is 0 Å². The number of benzene rings is 2. The molecule has 2 aromatic carbocycles. The van der Waals surface area contributed by atoms with Gasteiger partial charge >= 0.3 is 0 Å². The van der Waals surface area contributed by atoms with E-state index in [2.05, 4.69) is 12.2 Å². The Balaban J connectivity index is 1.62. The molecule has 8 nitrogen and oxygen atoms in total. The minimum absolute atomic E-state index is 0.0722. The van der Waals surface area contributed by atoms with Gasteiger partial charge in [-0.2, -0.15) is 0 Å². The molecule has 176 valence electrons. The number of anilines is 1. The third-order valence-corrected chi connectivity index (χ3v) is 5.31. The number of nitrogens with one attached hydrogen (secondary N) is 1. The molecule has 3 rings (SSSR count). The highest BCUT2D eigenvalue weighted by atomic mass is 16.5. The number of aryl methyl sites for hydroxylation is 1. The fraction of sp³-hybridized carbons (Fsp3) is 0.400. The highest BCUT2D eigenvalue weighted by Crippen LogP contribution is 2.33. The predicted molar refractivity (Wildman–Crippen MR) is 124 cm³/mol. The smallest absolute Gasteiger partial charge is 0.265 e. The number of rotatable bonds is 12. The second-order valence-corrected chi connectivity index (χ2v) is 7.68. The predicted octanol–water partition coefficient (Wildman–Crippen LogP) is 2.78. The van der Waals surface area contributed by atoms with Gasteiger partial charge in [-0.05, 0) is 48.7 Å². The van der Waals surface area contributed by atoms with E-state index in [1.165, 1.54) is 0 Å². The standard InChI is InChI=1S/C25H30N2O6/c1-3-18-6-4-7-20(14-18)32-16-22(28)19-9-10-23-21(15-19)27(25(30)17-33-23)12-5-8-24(29)26-11-13-31-2/h4,6-7,9-10,14-15H,3,5,8,11-13,16-17H2,1-2H3,(H,26,29). The van der Waals surface area contributed by atoms with Gasteiger partial charge < -0.3 is 24.4 Å². The van der Waals surface area contributed by atoms with Gasteiger partial charge in [0.25, 0.3) is 5.91 Å². The maximum absolute atomic E-state index is 12.7. The van der Waals surface area contributed by atoms with Crippen molar-refractivity contribution in [3.05, 3.63) is 53.6 Å². The number of Topliss-reactive ketones (excluding diaryl/α,β-unsaturated/α-hetero) is 1. The SMILES string of the molecule is CCc1cccc(OCC(=O)c2ccc3c(c2)N(CCCC(=O)NCCOC)C(=O)CO3)c1. The fourth-order valence-corrected chi connectivity index (χ4v) is 3.49. The van der Waals surface area contributed by atoms with Crippen molar-refractivity contribution in [1.29, 1.82) is 0 Å². The number of ketones is 1. The lowest BCUT2D eigenvalue weighted by atomic mass is 10.1. The molecule has 0 aromatic heterocycles. The number of ether oxygens (including phenoxy) is 3. The summed E-state index contributed by atoms with van der Waals surface area (Å²) in [5, 5.41) is 2.76. The lowest BCUT2D eigenvalue weighted by Crippen LogP contribution is -2.40. The third-order valence-electron chi connectivity index (χ3n) is 5.31. The van der Waals surface area contributed by atoms with E-state index in [0.717, 1.165) is 12.0 Å². The number of carbonyl (C=O) groups excluding carboxylic acids is 3. The Morgan fingerprint density at radius 1 is 1.18 bits per heavy atom. The van der Waals surface area contributed by atoms with Crippen LogP contribution in [0.25, 0.3) is 0 Å². The number of hydrogen-bond donors (Lipinski definition) is 1. The van der Waals surface area contributed by atoms with Crippen LogP contribution in [0, 0.1) is 0 Å². The van der Waals surface area contributed by atoms with Crippen LogP contribution in [-0.2, 0) is 20.7 Å². The zero-order chi connectivity index (χ0) is 23.6. The number of methoxy groups -OCH3 is 1. The molecule has 1 aliphatic heterocycles. The average Bonchev–Trinajstić information content (AvgIpc) is 2.84. The molecule has 0 spiro atoms. The summed E-state index contributed by atoms with van der Waals surface area (Å²) in [5.41, 5.74) is 2.10. The van der Waals surface area contributed by atoms with Crippen molar-refractivity contribution in [1.82, 2.24) is 5.32 Å². The second kappa shape index (κ2) is 12.0. The van der Waals surface area contributed by atoms with Crippen LogP contribution < -0.4 is 19.7 Å². The molecule has 0 bridgehead atoms. The van der Waals surface area contributed by atoms with Crippen molar-refractivity contribution in [2.45, 2.75) is 26.2 Å². The lowest BCUT2D eigenvalue weighted by molar-refractivity contribution is -0.123. The molecule has 8 heteroatoms. The summed E-state index contributed by atoms with van der Waals surface area (Å²) in [4.78, 5) is 38.7. The Labute approximate surface area is 193 Å². The van der Waals surface area contributed by atoms with Crippen molar-refractivity contribution in [2.75, 3.05) is 44.9 Å². The molecular weight excluding hydrogens is 424 g/mol. The van der Waals surface area contributed by atoms with Gasteiger partial charge in [0.05, 0.1) is 12.3 Å². The molecule has 0 atom stereocenters. The summed E-state index contributed by atoms with van der Waals surface area (Å²) in [6, 6.07) is 12.7. The Kier molecular flexibility index (Phi) is 8.83. The van der Waals surface area contributed by atoms with Crippen LogP contribution in [0.2, 0.25) is 0 Å². The largest absolute Gasteiger partial charge is 0.485 e. The maximum Gasteiger partial charge on any atom is 0.265 e. The van der Waals surface area contributed by atoms with Crippen LogP contribution in [0.4, 0.5) is 5.69 Å². The molecule has 1 heterocycles. The maximum atomic E-state index is 12.7. The van der Waals surface area contributed by atoms with Gasteiger partial charge in [-0.15, -0.1) is 0 Å². The number of carbonyl (C=O) groups is 3. The van der Waals surface area contributed by atoms with Crippen molar-refractivity contribution in [3.63, 3.8) is 0 Å². The van der Waals surface area contributed by atoms with Crippen LogP contribution in [-0.4, -0.2) is 57.6 Å². The van der Waals surface area contributed by atoms with Crippen LogP contribution in [0.1, 0.15) is 35.7 Å². The van der Waals surface area contributed by atoms with Gasteiger partial charge in [-0.1, -0.05) is 19.1 Å². The first-order chi connectivity index (χ1) is 16.0. The minimum Gasteiger partial charge on any atom is -0.485 e. The number of fused-ring (bicyclic) bond motifs is 1. The zero-order valence-corrected chi connectivity index (χ0v) is 19.1. The molecule has 2 amide bonds. The molecular formula is C25H30N2O6. The molecule has 1 N–H and O–H groups in total. The molecule has 2 aromatic rings. The van der Waals surface area contributed by atoms with E-state index in [4.69, 9.17) is 14.2 Å². The molecule has 0 aliphatic carbocycles. The monoisotopic (exact) mass is 454 g/mol. The van der Waals surface area contributed by atoms with Crippen molar-refractivity contribution < 1.29 is 28.6 Å². The summed E-state index contributed by atoms with van der Waals surface area (Å²) in [6.07, 6.45) is 1.65. The topological polar surface area (TPSA) is 94.2 Å². The number of nitrogens with zero attached hydrogens (tertiary/aromatic N) is 1. The van der Waals surface area contributed by atoms with Gasteiger partial charge in [-0.3, -0.25) is 14.4 Å². The van der Waals surface area contributed by atoms with E-state index < -0.39 is 0 Å². The van der Waals surface area contributed by atoms with Crippen LogP contribution >= 0.6 is 0 Å². The molecule has 0 saturated carbocycles. The summed E-state index contributed by atoms with van der Waals surface area (Å²) in [6.45, 7) is 3.13. The lowest BCUT2D eigenvalue weighted by Gasteiger charge is -2.29. The Morgan fingerprint density at radius 3 is 2.82 bits per heavy atom. The Morgan fingerprint density at radius 2 is 2.03 bits per heavy atom. The van der Waals surface area contributed by atoms with Gasteiger partial charge in [0, 0.05) is 32.2 Å². The van der Waals surface area contributed by atoms with Crippen molar-refractivity contribution in [2.24, 2.45) is 0 Å². The first kappa shape index (κ1) is 24.3. The zero-order valence-electron chi connectivity index (χ0n) is 19.1. The Bertz CT molecular complexity index is 991. The summed E-state index contributed by atoms with van der Waals surface area (Å²) in [7, 11) is 1.57. The van der Waals surface area contributed by atoms with Gasteiger partial charge in [0.1, 0.15) is 11.5 Å². The molecule has 0 radical (unpaired) electrons. The van der Waals surface area contributed by atoms with E-state index in [-0.39, 0.29) is 37.2 Å². The van der Waals surface area contributed by atoms with E-state index in [9.17, 15) is 14.4 Å². The highest BCUT2D eigenvalue weighted by molar-refractivity contribution is 6.02. The summed E-state index contributed by atoms with van der Waals surface area (Å²) < 4.78 is 16.1. The molecule has 0 fully saturated rings. The normalized spacial score (nSPS) is 12.7. The highest BCUT2D eigenvalue weighted by Gasteiger charge is 2.26. The number of hydrogen-bond acceptors (Lipinski definition) is 6. The molecule has 33 heavy (non-hydrogen) atoms. The number of amides is 2. The summed E-state index contributed by atoms with van der Waals surface area (Å²) in [5.74, 6) is 0.674. The Hall–Kier alpha value is -3.39. The molecule has 1 aliphatic rings. The first-order valence-electron chi connectivity index (χ1n) is 11.1. The van der Waals surface area contributed by atoms with E-state index in [0.29, 0.717) is 48.9 Å². The summed E-state index contributed by atoms with van der Waals surface area (Å²) >= 11 is 0. The molecule has 0 unspecified atom stereocenters. The van der Waals surface area contributed by atoms with Crippen LogP contribution in [0.5, 0.6) is 11.5 Å². The first-order valence-corrected chi connectivity index (χ1v) is 11.1. The van der Waals surface area contributed by atoms with Crippen LogP contribution in [0.15, 0.2) is 42.5 Å². The van der Waals surface area contributed by atoms with E-state index in [1.807, 2.05) is 24.3 Å². The van der Waals surface area contributed by atoms with Crippen molar-refractivity contribution >= 4 is 23.3 Å². The van der Waals surface area contributed by atoms with Gasteiger partial charge in [-0.25, -0.2) is 0 Å². The minimum atomic E-state index is -0.209.